The van der Waals surface area contributed by atoms with E-state index in [-0.39, 0.29) is 50.3 Å². The molecule has 0 aliphatic heterocycles. The Hall–Kier alpha value is -2.31. The lowest BCUT2D eigenvalue weighted by Gasteiger charge is -2.15. The third kappa shape index (κ3) is 10.0. The number of hydrogen-bond acceptors (Lipinski definition) is 8. The maximum absolute atomic E-state index is 12.5. The molecule has 1 aromatic carbocycles. The topological polar surface area (TPSA) is 106 Å². The van der Waals surface area contributed by atoms with Crippen LogP contribution in [-0.4, -0.2) is 70.3 Å². The Kier molecular flexibility index (Phi) is 10.1. The van der Waals surface area contributed by atoms with Crippen molar-refractivity contribution >= 4 is 15.8 Å². The summed E-state index contributed by atoms with van der Waals surface area (Å²) < 4.78 is 40.9. The summed E-state index contributed by atoms with van der Waals surface area (Å²) in [7, 11) is -3.31. The Morgan fingerprint density at radius 3 is 2.77 bits per heavy atom. The highest BCUT2D eigenvalue weighted by Gasteiger charge is 2.22. The van der Waals surface area contributed by atoms with Crippen molar-refractivity contribution in [3.8, 4) is 11.9 Å². The van der Waals surface area contributed by atoms with Crippen molar-refractivity contribution in [1.29, 1.82) is 5.26 Å². The average Bonchev–Trinajstić information content (AvgIpc) is 3.55. The first kappa shape index (κ1) is 25.0. The van der Waals surface area contributed by atoms with Crippen LogP contribution in [0.3, 0.4) is 0 Å². The maximum Gasteiger partial charge on any atom is 0.326 e. The van der Waals surface area contributed by atoms with Crippen LogP contribution in [0.15, 0.2) is 24.3 Å². The Balaban J connectivity index is 1.70. The van der Waals surface area contributed by atoms with Crippen LogP contribution < -0.4 is 4.74 Å². The molecule has 1 aliphatic carbocycles. The van der Waals surface area contributed by atoms with E-state index in [1.54, 1.807) is 6.92 Å². The van der Waals surface area contributed by atoms with Crippen LogP contribution in [0.5, 0.6) is 5.75 Å². The van der Waals surface area contributed by atoms with Crippen molar-refractivity contribution in [2.24, 2.45) is 5.92 Å². The van der Waals surface area contributed by atoms with E-state index in [1.807, 2.05) is 37.4 Å². The van der Waals surface area contributed by atoms with Crippen LogP contribution >= 0.6 is 0 Å². The van der Waals surface area contributed by atoms with E-state index in [9.17, 15) is 13.2 Å². The van der Waals surface area contributed by atoms with Gasteiger partial charge in [0.15, 0.2) is 16.0 Å². The smallest absolute Gasteiger partial charge is 0.326 e. The number of ether oxygens (including phenoxy) is 3. The molecule has 2 rings (SSSR count). The standard InChI is InChI=1S/C22H32N2O6S/c1-3-29-22(25)14-24(17-23)9-10-28-11-12-31(26,27)16-18(2)20-5-4-6-21(13-20)30-15-19-7-8-19/h4-6,13,18-19H,3,7-12,14-16H2,1-2H3/t18-/m0/s1. The zero-order chi connectivity index (χ0) is 22.7. The van der Waals surface area contributed by atoms with Gasteiger partial charge in [0.2, 0.25) is 0 Å². The molecule has 1 atom stereocenters. The first-order valence-electron chi connectivity index (χ1n) is 10.6. The quantitative estimate of drug-likeness (QED) is 0.173. The van der Waals surface area contributed by atoms with Gasteiger partial charge in [-0.25, -0.2) is 8.42 Å². The van der Waals surface area contributed by atoms with Crippen LogP contribution in [0.25, 0.3) is 0 Å². The lowest BCUT2D eigenvalue weighted by Crippen LogP contribution is -2.30. The minimum atomic E-state index is -3.31. The fourth-order valence-corrected chi connectivity index (χ4v) is 4.45. The monoisotopic (exact) mass is 452 g/mol. The molecule has 172 valence electrons. The number of benzene rings is 1. The predicted molar refractivity (Wildman–Crippen MR) is 116 cm³/mol. The second kappa shape index (κ2) is 12.5. The van der Waals surface area contributed by atoms with Crippen LogP contribution in [-0.2, 0) is 24.1 Å². The Morgan fingerprint density at radius 1 is 1.32 bits per heavy atom. The van der Waals surface area contributed by atoms with Crippen molar-refractivity contribution < 1.29 is 27.4 Å². The van der Waals surface area contributed by atoms with E-state index in [4.69, 9.17) is 19.5 Å². The molecule has 1 fully saturated rings. The van der Waals surface area contributed by atoms with E-state index >= 15 is 0 Å². The lowest BCUT2D eigenvalue weighted by molar-refractivity contribution is -0.143. The lowest BCUT2D eigenvalue weighted by atomic mass is 10.0. The van der Waals surface area contributed by atoms with E-state index in [0.717, 1.165) is 17.9 Å². The fourth-order valence-electron chi connectivity index (χ4n) is 2.96. The molecule has 9 heteroatoms. The number of hydrogen-bond donors (Lipinski definition) is 0. The van der Waals surface area contributed by atoms with Gasteiger partial charge < -0.3 is 14.2 Å². The Labute approximate surface area is 185 Å². The number of carbonyl (C=O) groups is 1. The van der Waals surface area contributed by atoms with Gasteiger partial charge in [-0.1, -0.05) is 19.1 Å². The molecule has 8 nitrogen and oxygen atoms in total. The van der Waals surface area contributed by atoms with Gasteiger partial charge in [0, 0.05) is 0 Å². The summed E-state index contributed by atoms with van der Waals surface area (Å²) in [6.45, 7) is 4.79. The average molecular weight is 453 g/mol. The highest BCUT2D eigenvalue weighted by atomic mass is 32.2. The normalized spacial score (nSPS) is 14.5. The van der Waals surface area contributed by atoms with Gasteiger partial charge >= 0.3 is 5.97 Å². The summed E-state index contributed by atoms with van der Waals surface area (Å²) in [4.78, 5) is 12.6. The highest BCUT2D eigenvalue weighted by Crippen LogP contribution is 2.30. The second-order valence-corrected chi connectivity index (χ2v) is 10.0. The van der Waals surface area contributed by atoms with Crippen molar-refractivity contribution in [2.45, 2.75) is 32.6 Å². The van der Waals surface area contributed by atoms with Crippen LogP contribution in [0, 0.1) is 17.4 Å². The number of sulfone groups is 1. The van der Waals surface area contributed by atoms with Crippen molar-refractivity contribution in [2.75, 3.05) is 51.0 Å². The van der Waals surface area contributed by atoms with Gasteiger partial charge in [0.25, 0.3) is 0 Å². The summed E-state index contributed by atoms with van der Waals surface area (Å²) in [6, 6.07) is 7.62. The zero-order valence-corrected chi connectivity index (χ0v) is 19.1. The van der Waals surface area contributed by atoms with E-state index in [0.29, 0.717) is 5.92 Å². The molecular formula is C22H32N2O6S. The van der Waals surface area contributed by atoms with E-state index < -0.39 is 15.8 Å². The Bertz CT molecular complexity index is 848. The van der Waals surface area contributed by atoms with Gasteiger partial charge in [0.05, 0.1) is 44.5 Å². The number of nitriles is 1. The number of rotatable bonds is 15. The number of carbonyl (C=O) groups excluding carboxylic acids is 1. The first-order chi connectivity index (χ1) is 14.8. The molecule has 0 N–H and O–H groups in total. The van der Waals surface area contributed by atoms with Gasteiger partial charge in [0.1, 0.15) is 12.3 Å². The number of nitrogens with zero attached hydrogens (tertiary/aromatic N) is 2. The molecule has 0 unspecified atom stereocenters. The largest absolute Gasteiger partial charge is 0.493 e. The van der Waals surface area contributed by atoms with E-state index in [2.05, 4.69) is 0 Å². The van der Waals surface area contributed by atoms with Crippen LogP contribution in [0.2, 0.25) is 0 Å². The summed E-state index contributed by atoms with van der Waals surface area (Å²) >= 11 is 0. The third-order valence-electron chi connectivity index (χ3n) is 4.92. The molecule has 0 heterocycles. The molecule has 0 aromatic heterocycles. The van der Waals surface area contributed by atoms with Crippen molar-refractivity contribution in [3.63, 3.8) is 0 Å². The third-order valence-corrected chi connectivity index (χ3v) is 6.72. The van der Waals surface area contributed by atoms with Gasteiger partial charge in [-0.2, -0.15) is 5.26 Å². The maximum atomic E-state index is 12.5. The summed E-state index contributed by atoms with van der Waals surface area (Å²) in [5.74, 6) is 0.722. The van der Waals surface area contributed by atoms with Crippen LogP contribution in [0.1, 0.15) is 38.2 Å². The summed E-state index contributed by atoms with van der Waals surface area (Å²) in [5, 5.41) is 9.03. The molecular weight excluding hydrogens is 420 g/mol. The fraction of sp³-hybridized carbons (Fsp3) is 0.636. The first-order valence-corrected chi connectivity index (χ1v) is 12.5. The van der Waals surface area contributed by atoms with Crippen LogP contribution in [0.4, 0.5) is 0 Å². The molecule has 31 heavy (non-hydrogen) atoms. The van der Waals surface area contributed by atoms with Crippen molar-refractivity contribution in [1.82, 2.24) is 4.90 Å². The number of esters is 1. The summed E-state index contributed by atoms with van der Waals surface area (Å²) in [5.41, 5.74) is 0.932. The Morgan fingerprint density at radius 2 is 2.10 bits per heavy atom. The zero-order valence-electron chi connectivity index (χ0n) is 18.3. The minimum Gasteiger partial charge on any atom is -0.493 e. The van der Waals surface area contributed by atoms with E-state index in [1.165, 1.54) is 17.7 Å². The molecule has 0 bridgehead atoms. The SMILES string of the molecule is CCOC(=O)CN(C#N)CCOCCS(=O)(=O)C[C@H](C)c1cccc(OCC2CC2)c1. The van der Waals surface area contributed by atoms with Gasteiger partial charge in [-0.15, -0.1) is 0 Å². The summed E-state index contributed by atoms with van der Waals surface area (Å²) in [6.07, 6.45) is 4.33. The highest BCUT2D eigenvalue weighted by molar-refractivity contribution is 7.91. The second-order valence-electron chi connectivity index (χ2n) is 7.78. The minimum absolute atomic E-state index is 0.0234. The molecule has 0 amide bonds. The molecule has 0 radical (unpaired) electrons. The molecule has 1 aromatic rings. The molecule has 0 saturated heterocycles. The van der Waals surface area contributed by atoms with Gasteiger partial charge in [-0.05, 0) is 49.3 Å². The van der Waals surface area contributed by atoms with Gasteiger partial charge in [-0.3, -0.25) is 9.69 Å². The molecule has 1 aliphatic rings. The predicted octanol–water partition coefficient (Wildman–Crippen LogP) is 2.36. The molecule has 0 spiro atoms. The molecule has 1 saturated carbocycles. The van der Waals surface area contributed by atoms with Crippen molar-refractivity contribution in [3.05, 3.63) is 29.8 Å².